The summed E-state index contributed by atoms with van der Waals surface area (Å²) in [5, 5.41) is 18.6. The molecule has 2 N–H and O–H groups in total. The Hall–Kier alpha value is -1.92. The molecule has 0 unspecified atom stereocenters. The van der Waals surface area contributed by atoms with Crippen LogP contribution in [0, 0.1) is 0 Å². The molecule has 1 aromatic rings. The fourth-order valence-electron chi connectivity index (χ4n) is 1.46. The molecular weight excluding hydrogens is 236 g/mol. The van der Waals surface area contributed by atoms with Crippen LogP contribution >= 0.6 is 0 Å². The van der Waals surface area contributed by atoms with Crippen LogP contribution in [0.4, 0.5) is 0 Å². The fraction of sp³-hybridized carbons (Fsp3) is 0.636. The summed E-state index contributed by atoms with van der Waals surface area (Å²) in [6, 6.07) is 0. The number of aryl methyl sites for hydroxylation is 1. The minimum Gasteiger partial charge on any atom is -0.481 e. The second-order valence-corrected chi connectivity index (χ2v) is 3.97. The molecule has 1 aromatic heterocycles. The van der Waals surface area contributed by atoms with E-state index in [9.17, 15) is 9.59 Å². The SMILES string of the molecule is O=C(O)CCCCCNC(=O)CCn1ccnn1. The van der Waals surface area contributed by atoms with Gasteiger partial charge in [0, 0.05) is 25.6 Å². The summed E-state index contributed by atoms with van der Waals surface area (Å²) in [4.78, 5) is 21.7. The summed E-state index contributed by atoms with van der Waals surface area (Å²) in [5.41, 5.74) is 0. The van der Waals surface area contributed by atoms with Crippen molar-refractivity contribution in [1.82, 2.24) is 20.3 Å². The minimum absolute atomic E-state index is 0.0243. The molecule has 0 atom stereocenters. The predicted molar refractivity (Wildman–Crippen MR) is 63.8 cm³/mol. The number of nitrogens with one attached hydrogen (secondary N) is 1. The molecule has 0 aliphatic carbocycles. The Morgan fingerprint density at radius 3 is 2.72 bits per heavy atom. The van der Waals surface area contributed by atoms with Crippen LogP contribution in [0.1, 0.15) is 32.1 Å². The molecule has 0 fully saturated rings. The molecule has 1 amide bonds. The Balaban J connectivity index is 1.95. The first kappa shape index (κ1) is 14.1. The molecule has 0 aliphatic rings. The Labute approximate surface area is 105 Å². The lowest BCUT2D eigenvalue weighted by molar-refractivity contribution is -0.137. The van der Waals surface area contributed by atoms with Gasteiger partial charge in [0.25, 0.3) is 0 Å². The van der Waals surface area contributed by atoms with Gasteiger partial charge in [0.05, 0.1) is 12.7 Å². The zero-order valence-electron chi connectivity index (χ0n) is 10.2. The van der Waals surface area contributed by atoms with Crippen LogP contribution in [0.25, 0.3) is 0 Å². The van der Waals surface area contributed by atoms with Crippen LogP contribution in [-0.2, 0) is 16.1 Å². The molecule has 1 rings (SSSR count). The molecule has 0 spiro atoms. The molecule has 7 heteroatoms. The fourth-order valence-corrected chi connectivity index (χ4v) is 1.46. The summed E-state index contributed by atoms with van der Waals surface area (Å²) in [5.74, 6) is -0.796. The van der Waals surface area contributed by atoms with Gasteiger partial charge < -0.3 is 10.4 Å². The lowest BCUT2D eigenvalue weighted by Crippen LogP contribution is -2.25. The molecule has 0 bridgehead atoms. The van der Waals surface area contributed by atoms with E-state index in [4.69, 9.17) is 5.11 Å². The number of rotatable bonds is 9. The summed E-state index contributed by atoms with van der Waals surface area (Å²) in [7, 11) is 0. The quantitative estimate of drug-likeness (QED) is 0.623. The van der Waals surface area contributed by atoms with Gasteiger partial charge in [0.1, 0.15) is 0 Å². The number of unbranched alkanes of at least 4 members (excludes halogenated alkanes) is 2. The smallest absolute Gasteiger partial charge is 0.303 e. The van der Waals surface area contributed by atoms with E-state index in [1.165, 1.54) is 0 Å². The van der Waals surface area contributed by atoms with E-state index in [-0.39, 0.29) is 12.3 Å². The number of carboxylic acids is 1. The van der Waals surface area contributed by atoms with Crippen LogP contribution in [0.15, 0.2) is 12.4 Å². The highest BCUT2D eigenvalue weighted by Crippen LogP contribution is 1.98. The third-order valence-electron chi connectivity index (χ3n) is 2.43. The van der Waals surface area contributed by atoms with Crippen molar-refractivity contribution >= 4 is 11.9 Å². The van der Waals surface area contributed by atoms with Crippen LogP contribution in [0.3, 0.4) is 0 Å². The Bertz CT molecular complexity index is 364. The number of aromatic nitrogens is 3. The maximum Gasteiger partial charge on any atom is 0.303 e. The van der Waals surface area contributed by atoms with Crippen molar-refractivity contribution < 1.29 is 14.7 Å². The van der Waals surface area contributed by atoms with Crippen molar-refractivity contribution in [1.29, 1.82) is 0 Å². The van der Waals surface area contributed by atoms with Crippen molar-refractivity contribution in [3.05, 3.63) is 12.4 Å². The van der Waals surface area contributed by atoms with Crippen LogP contribution in [-0.4, -0.2) is 38.5 Å². The van der Waals surface area contributed by atoms with Crippen molar-refractivity contribution in [3.8, 4) is 0 Å². The number of carbonyl (C=O) groups excluding carboxylic acids is 1. The van der Waals surface area contributed by atoms with Gasteiger partial charge in [-0.1, -0.05) is 11.6 Å². The third kappa shape index (κ3) is 6.62. The molecule has 0 aromatic carbocycles. The van der Waals surface area contributed by atoms with Crippen LogP contribution < -0.4 is 5.32 Å². The summed E-state index contributed by atoms with van der Waals surface area (Å²) >= 11 is 0. The number of nitrogens with zero attached hydrogens (tertiary/aromatic N) is 3. The first-order valence-corrected chi connectivity index (χ1v) is 6.01. The zero-order valence-corrected chi connectivity index (χ0v) is 10.2. The van der Waals surface area contributed by atoms with Gasteiger partial charge in [0.15, 0.2) is 0 Å². The number of aliphatic carboxylic acids is 1. The van der Waals surface area contributed by atoms with Crippen LogP contribution in [0.5, 0.6) is 0 Å². The highest BCUT2D eigenvalue weighted by Gasteiger charge is 2.02. The first-order chi connectivity index (χ1) is 8.68. The molecule has 1 heterocycles. The van der Waals surface area contributed by atoms with E-state index in [0.717, 1.165) is 12.8 Å². The predicted octanol–water partition coefficient (Wildman–Crippen LogP) is 0.429. The molecule has 0 aliphatic heterocycles. The normalized spacial score (nSPS) is 10.2. The van der Waals surface area contributed by atoms with Crippen molar-refractivity contribution in [3.63, 3.8) is 0 Å². The Morgan fingerprint density at radius 1 is 1.22 bits per heavy atom. The number of amides is 1. The zero-order chi connectivity index (χ0) is 13.2. The maximum atomic E-state index is 11.4. The lowest BCUT2D eigenvalue weighted by Gasteiger charge is -2.04. The van der Waals surface area contributed by atoms with Gasteiger partial charge in [-0.2, -0.15) is 0 Å². The second-order valence-electron chi connectivity index (χ2n) is 3.97. The number of hydrogen-bond donors (Lipinski definition) is 2. The van der Waals surface area contributed by atoms with Crippen LogP contribution in [0.2, 0.25) is 0 Å². The number of hydrogen-bond acceptors (Lipinski definition) is 4. The minimum atomic E-state index is -0.771. The molecule has 0 radical (unpaired) electrons. The summed E-state index contributed by atoms with van der Waals surface area (Å²) in [6.07, 6.45) is 6.13. The standard InChI is InChI=1S/C11H18N4O3/c16-10(5-8-15-9-7-13-14-15)12-6-3-1-2-4-11(17)18/h7,9H,1-6,8H2,(H,12,16)(H,17,18). The maximum absolute atomic E-state index is 11.4. The Morgan fingerprint density at radius 2 is 2.06 bits per heavy atom. The van der Waals surface area contributed by atoms with Crippen molar-refractivity contribution in [2.45, 2.75) is 38.6 Å². The van der Waals surface area contributed by atoms with Gasteiger partial charge >= 0.3 is 5.97 Å². The van der Waals surface area contributed by atoms with Gasteiger partial charge in [0.2, 0.25) is 5.91 Å². The van der Waals surface area contributed by atoms with E-state index in [1.54, 1.807) is 17.1 Å². The molecule has 7 nitrogen and oxygen atoms in total. The van der Waals surface area contributed by atoms with E-state index in [0.29, 0.717) is 25.9 Å². The average Bonchev–Trinajstić information content (AvgIpc) is 2.83. The molecule has 0 saturated heterocycles. The van der Waals surface area contributed by atoms with E-state index in [1.807, 2.05) is 0 Å². The second kappa shape index (κ2) is 8.21. The monoisotopic (exact) mass is 254 g/mol. The largest absolute Gasteiger partial charge is 0.481 e. The van der Waals surface area contributed by atoms with E-state index >= 15 is 0 Å². The van der Waals surface area contributed by atoms with E-state index in [2.05, 4.69) is 15.6 Å². The number of carbonyl (C=O) groups is 2. The highest BCUT2D eigenvalue weighted by molar-refractivity contribution is 5.75. The molecular formula is C11H18N4O3. The third-order valence-corrected chi connectivity index (χ3v) is 2.43. The van der Waals surface area contributed by atoms with Gasteiger partial charge in [-0.3, -0.25) is 14.3 Å². The van der Waals surface area contributed by atoms with E-state index < -0.39 is 5.97 Å². The topological polar surface area (TPSA) is 97.1 Å². The van der Waals surface area contributed by atoms with Gasteiger partial charge in [-0.05, 0) is 12.8 Å². The Kier molecular flexibility index (Phi) is 6.45. The summed E-state index contributed by atoms with van der Waals surface area (Å²) < 4.78 is 1.60. The average molecular weight is 254 g/mol. The first-order valence-electron chi connectivity index (χ1n) is 6.01. The molecule has 100 valence electrons. The highest BCUT2D eigenvalue weighted by atomic mass is 16.4. The van der Waals surface area contributed by atoms with Crippen molar-refractivity contribution in [2.24, 2.45) is 0 Å². The lowest BCUT2D eigenvalue weighted by atomic mass is 10.2. The number of carboxylic acid groups (broad SMARTS) is 1. The molecule has 18 heavy (non-hydrogen) atoms. The summed E-state index contributed by atoms with van der Waals surface area (Å²) in [6.45, 7) is 1.11. The van der Waals surface area contributed by atoms with Gasteiger partial charge in [-0.15, -0.1) is 5.10 Å². The van der Waals surface area contributed by atoms with Gasteiger partial charge in [-0.25, -0.2) is 0 Å². The van der Waals surface area contributed by atoms with Crippen molar-refractivity contribution in [2.75, 3.05) is 6.54 Å². The molecule has 0 saturated carbocycles.